The Hall–Kier alpha value is -1.51. The molecule has 94 valence electrons. The Balaban J connectivity index is 2.69. The zero-order chi connectivity index (χ0) is 12.7. The minimum absolute atomic E-state index is 0.282. The van der Waals surface area contributed by atoms with Gasteiger partial charge < -0.3 is 9.47 Å². The van der Waals surface area contributed by atoms with Crippen LogP contribution >= 0.6 is 0 Å². The van der Waals surface area contributed by atoms with E-state index in [0.717, 1.165) is 17.7 Å². The number of carbonyl (C=O) groups is 1. The Bertz CT molecular complexity index is 360. The summed E-state index contributed by atoms with van der Waals surface area (Å²) >= 11 is 0. The summed E-state index contributed by atoms with van der Waals surface area (Å²) in [5.74, 6) is 0.437. The van der Waals surface area contributed by atoms with Gasteiger partial charge in [-0.05, 0) is 38.0 Å². The molecule has 0 saturated heterocycles. The number of aryl methyl sites for hydroxylation is 1. The highest BCUT2D eigenvalue weighted by atomic mass is 16.6. The van der Waals surface area contributed by atoms with E-state index in [-0.39, 0.29) is 5.97 Å². The van der Waals surface area contributed by atoms with Crippen molar-refractivity contribution in [3.63, 3.8) is 0 Å². The van der Waals surface area contributed by atoms with Gasteiger partial charge in [-0.15, -0.1) is 0 Å². The fraction of sp³-hybridized carbons (Fsp3) is 0.500. The number of esters is 1. The van der Waals surface area contributed by atoms with Crippen LogP contribution in [0.3, 0.4) is 0 Å². The van der Waals surface area contributed by atoms with Crippen LogP contribution in [0.4, 0.5) is 0 Å². The molecule has 1 rings (SSSR count). The van der Waals surface area contributed by atoms with Gasteiger partial charge in [0.1, 0.15) is 5.75 Å². The molecule has 0 amide bonds. The van der Waals surface area contributed by atoms with Gasteiger partial charge in [0, 0.05) is 0 Å². The van der Waals surface area contributed by atoms with Crippen molar-refractivity contribution in [2.75, 3.05) is 6.61 Å². The second kappa shape index (κ2) is 6.94. The van der Waals surface area contributed by atoms with E-state index in [9.17, 15) is 4.79 Å². The van der Waals surface area contributed by atoms with E-state index in [1.54, 1.807) is 6.92 Å². The fourth-order valence-electron chi connectivity index (χ4n) is 1.58. The third-order valence-electron chi connectivity index (χ3n) is 2.37. The zero-order valence-corrected chi connectivity index (χ0v) is 10.7. The Morgan fingerprint density at radius 2 is 2.12 bits per heavy atom. The molecule has 1 atom stereocenters. The van der Waals surface area contributed by atoms with E-state index in [4.69, 9.17) is 9.47 Å². The highest BCUT2D eigenvalue weighted by molar-refractivity contribution is 5.75. The van der Waals surface area contributed by atoms with Crippen molar-refractivity contribution in [1.82, 2.24) is 0 Å². The minimum atomic E-state index is -0.498. The summed E-state index contributed by atoms with van der Waals surface area (Å²) in [5.41, 5.74) is 1.11. The van der Waals surface area contributed by atoms with E-state index in [1.807, 2.05) is 38.1 Å². The van der Waals surface area contributed by atoms with Crippen molar-refractivity contribution >= 4 is 5.97 Å². The normalized spacial score (nSPS) is 11.9. The lowest BCUT2D eigenvalue weighted by Gasteiger charge is -2.17. The van der Waals surface area contributed by atoms with Crippen molar-refractivity contribution < 1.29 is 14.3 Å². The summed E-state index contributed by atoms with van der Waals surface area (Å²) in [6.45, 7) is 6.20. The molecule has 0 heterocycles. The fourth-order valence-corrected chi connectivity index (χ4v) is 1.58. The molecular formula is C14H20O3. The van der Waals surface area contributed by atoms with Gasteiger partial charge in [0.15, 0.2) is 6.10 Å². The highest BCUT2D eigenvalue weighted by Gasteiger charge is 2.20. The quantitative estimate of drug-likeness (QED) is 0.712. The molecule has 1 aromatic rings. The van der Waals surface area contributed by atoms with Crippen molar-refractivity contribution in [3.05, 3.63) is 29.8 Å². The van der Waals surface area contributed by atoms with Crippen molar-refractivity contribution in [2.24, 2.45) is 0 Å². The Morgan fingerprint density at radius 1 is 1.35 bits per heavy atom. The van der Waals surface area contributed by atoms with Gasteiger partial charge in [-0.3, -0.25) is 0 Å². The maximum Gasteiger partial charge on any atom is 0.347 e. The van der Waals surface area contributed by atoms with Crippen LogP contribution in [-0.4, -0.2) is 18.7 Å². The number of benzene rings is 1. The van der Waals surface area contributed by atoms with Crippen LogP contribution in [0.5, 0.6) is 5.75 Å². The molecule has 1 unspecified atom stereocenters. The maximum atomic E-state index is 11.7. The first-order valence-electron chi connectivity index (χ1n) is 6.07. The molecule has 0 aliphatic rings. The smallest absolute Gasteiger partial charge is 0.347 e. The number of ether oxygens (including phenoxy) is 2. The van der Waals surface area contributed by atoms with Crippen molar-refractivity contribution in [3.8, 4) is 5.75 Å². The third-order valence-corrected chi connectivity index (χ3v) is 2.37. The molecule has 17 heavy (non-hydrogen) atoms. The van der Waals surface area contributed by atoms with E-state index >= 15 is 0 Å². The highest BCUT2D eigenvalue weighted by Crippen LogP contribution is 2.16. The molecule has 0 spiro atoms. The van der Waals surface area contributed by atoms with E-state index < -0.39 is 6.10 Å². The third kappa shape index (κ3) is 4.47. The van der Waals surface area contributed by atoms with Gasteiger partial charge in [-0.1, -0.05) is 25.5 Å². The molecule has 0 aromatic heterocycles. The largest absolute Gasteiger partial charge is 0.479 e. The van der Waals surface area contributed by atoms with Gasteiger partial charge in [0.2, 0.25) is 0 Å². The predicted octanol–water partition coefficient (Wildman–Crippen LogP) is 3.11. The van der Waals surface area contributed by atoms with Crippen LogP contribution < -0.4 is 4.74 Å². The molecule has 3 heteroatoms. The van der Waals surface area contributed by atoms with E-state index in [0.29, 0.717) is 13.0 Å². The van der Waals surface area contributed by atoms with Crippen LogP contribution in [-0.2, 0) is 9.53 Å². The number of rotatable bonds is 6. The molecule has 3 nitrogen and oxygen atoms in total. The molecule has 0 aliphatic carbocycles. The van der Waals surface area contributed by atoms with Crippen LogP contribution in [0.2, 0.25) is 0 Å². The average molecular weight is 236 g/mol. The van der Waals surface area contributed by atoms with Gasteiger partial charge in [-0.25, -0.2) is 4.79 Å². The number of carbonyl (C=O) groups excluding carboxylic acids is 1. The molecule has 0 radical (unpaired) electrons. The average Bonchev–Trinajstić information content (AvgIpc) is 2.29. The maximum absolute atomic E-state index is 11.7. The Labute approximate surface area is 103 Å². The van der Waals surface area contributed by atoms with Crippen LogP contribution in [0.1, 0.15) is 32.3 Å². The number of hydrogen-bond acceptors (Lipinski definition) is 3. The summed E-state index contributed by atoms with van der Waals surface area (Å²) in [7, 11) is 0. The van der Waals surface area contributed by atoms with E-state index in [1.165, 1.54) is 0 Å². The zero-order valence-electron chi connectivity index (χ0n) is 10.7. The van der Waals surface area contributed by atoms with Gasteiger partial charge in [0.05, 0.1) is 6.61 Å². The predicted molar refractivity (Wildman–Crippen MR) is 67.1 cm³/mol. The molecule has 0 saturated carbocycles. The summed E-state index contributed by atoms with van der Waals surface area (Å²) in [5, 5.41) is 0. The molecule has 1 aromatic carbocycles. The first-order valence-corrected chi connectivity index (χ1v) is 6.07. The van der Waals surface area contributed by atoms with Gasteiger partial charge in [-0.2, -0.15) is 0 Å². The lowest BCUT2D eigenvalue weighted by Crippen LogP contribution is -2.29. The Morgan fingerprint density at radius 3 is 2.71 bits per heavy atom. The Kier molecular flexibility index (Phi) is 5.53. The summed E-state index contributed by atoms with van der Waals surface area (Å²) < 4.78 is 10.7. The van der Waals surface area contributed by atoms with Gasteiger partial charge in [0.25, 0.3) is 0 Å². The van der Waals surface area contributed by atoms with Crippen molar-refractivity contribution in [2.45, 2.75) is 39.7 Å². The van der Waals surface area contributed by atoms with E-state index in [2.05, 4.69) is 0 Å². The first kappa shape index (κ1) is 13.6. The van der Waals surface area contributed by atoms with Crippen molar-refractivity contribution in [1.29, 1.82) is 0 Å². The second-order valence-electron chi connectivity index (χ2n) is 3.96. The first-order chi connectivity index (χ1) is 8.17. The summed E-state index contributed by atoms with van der Waals surface area (Å²) in [6, 6.07) is 7.68. The molecule has 0 N–H and O–H groups in total. The second-order valence-corrected chi connectivity index (χ2v) is 3.96. The molecule has 0 fully saturated rings. The standard InChI is InChI=1S/C14H20O3/c1-4-7-13(14(15)16-5-2)17-12-9-6-8-11(3)10-12/h6,8-10,13H,4-5,7H2,1-3H3. The van der Waals surface area contributed by atoms with Gasteiger partial charge >= 0.3 is 5.97 Å². The SMILES string of the molecule is CCCC(Oc1cccc(C)c1)C(=O)OCC. The van der Waals surface area contributed by atoms with Crippen LogP contribution in [0.15, 0.2) is 24.3 Å². The lowest BCUT2D eigenvalue weighted by atomic mass is 10.2. The molecule has 0 bridgehead atoms. The minimum Gasteiger partial charge on any atom is -0.479 e. The number of hydrogen-bond donors (Lipinski definition) is 0. The molecular weight excluding hydrogens is 216 g/mol. The monoisotopic (exact) mass is 236 g/mol. The summed E-state index contributed by atoms with van der Waals surface area (Å²) in [4.78, 5) is 11.7. The lowest BCUT2D eigenvalue weighted by molar-refractivity contribution is -0.151. The van der Waals surface area contributed by atoms with Crippen LogP contribution in [0, 0.1) is 6.92 Å². The molecule has 0 aliphatic heterocycles. The van der Waals surface area contributed by atoms with Crippen LogP contribution in [0.25, 0.3) is 0 Å². The topological polar surface area (TPSA) is 35.5 Å². The summed E-state index contributed by atoms with van der Waals surface area (Å²) in [6.07, 6.45) is 1.06.